The van der Waals surface area contributed by atoms with E-state index < -0.39 is 0 Å². The molecule has 0 radical (unpaired) electrons. The number of nitrogens with zero attached hydrogens (tertiary/aromatic N) is 2. The van der Waals surface area contributed by atoms with Gasteiger partial charge in [-0.1, -0.05) is 6.07 Å². The summed E-state index contributed by atoms with van der Waals surface area (Å²) in [6.45, 7) is 2.18. The maximum atomic E-state index is 10.0. The molecule has 0 spiro atoms. The normalized spacial score (nSPS) is 20.4. The number of hydrogen-bond donors (Lipinski definition) is 1. The summed E-state index contributed by atoms with van der Waals surface area (Å²) < 4.78 is 2.27. The summed E-state index contributed by atoms with van der Waals surface area (Å²) in [6.07, 6.45) is 8.54. The van der Waals surface area contributed by atoms with Gasteiger partial charge in [0.2, 0.25) is 0 Å². The quantitative estimate of drug-likeness (QED) is 0.879. The second-order valence-electron chi connectivity index (χ2n) is 5.00. The molecule has 2 atom stereocenters. The fourth-order valence-electron chi connectivity index (χ4n) is 2.84. The molecule has 0 aliphatic heterocycles. The van der Waals surface area contributed by atoms with Crippen LogP contribution in [0, 0.1) is 0 Å². The molecular weight excluding hydrogens is 224 g/mol. The summed E-state index contributed by atoms with van der Waals surface area (Å²) in [5.41, 5.74) is 3.60. The molecular formula is C15H18N2O. The van der Waals surface area contributed by atoms with Gasteiger partial charge in [-0.05, 0) is 43.9 Å². The first kappa shape index (κ1) is 11.5. The van der Waals surface area contributed by atoms with Gasteiger partial charge in [-0.2, -0.15) is 0 Å². The van der Waals surface area contributed by atoms with Gasteiger partial charge in [0.15, 0.2) is 0 Å². The van der Waals surface area contributed by atoms with Crippen molar-refractivity contribution in [3.05, 3.63) is 53.6 Å². The van der Waals surface area contributed by atoms with Crippen molar-refractivity contribution in [2.75, 3.05) is 0 Å². The maximum Gasteiger partial charge on any atom is 0.0807 e. The number of aromatic nitrogens is 2. The molecule has 0 amide bonds. The van der Waals surface area contributed by atoms with Crippen molar-refractivity contribution in [3.63, 3.8) is 0 Å². The Morgan fingerprint density at radius 1 is 1.44 bits per heavy atom. The van der Waals surface area contributed by atoms with Crippen LogP contribution < -0.4 is 0 Å². The lowest BCUT2D eigenvalue weighted by Gasteiger charge is -2.23. The second kappa shape index (κ2) is 4.58. The van der Waals surface area contributed by atoms with Crippen molar-refractivity contribution >= 4 is 0 Å². The summed E-state index contributed by atoms with van der Waals surface area (Å²) in [5, 5.41) is 10.0. The van der Waals surface area contributed by atoms with E-state index in [2.05, 4.69) is 34.8 Å². The highest BCUT2D eigenvalue weighted by atomic mass is 16.3. The Hall–Kier alpha value is -1.61. The number of pyridine rings is 1. The highest BCUT2D eigenvalue weighted by Gasteiger charge is 2.23. The monoisotopic (exact) mass is 242 g/mol. The van der Waals surface area contributed by atoms with E-state index in [0.717, 1.165) is 24.8 Å². The lowest BCUT2D eigenvalue weighted by Crippen LogP contribution is -2.15. The second-order valence-corrected chi connectivity index (χ2v) is 5.00. The molecule has 94 valence electrons. The standard InChI is InChI=1S/C15H18N2O/c1-11(12-4-3-8-16-10-12)17-9-7-13-14(17)5-2-6-15(13)18/h3-4,7-11,15,18H,2,5-6H2,1H3. The van der Waals surface area contributed by atoms with Gasteiger partial charge in [-0.15, -0.1) is 0 Å². The fraction of sp³-hybridized carbons (Fsp3) is 0.400. The number of fused-ring (bicyclic) bond motifs is 1. The molecule has 2 unspecified atom stereocenters. The molecule has 1 N–H and O–H groups in total. The Kier molecular flexibility index (Phi) is 2.92. The third kappa shape index (κ3) is 1.85. The zero-order chi connectivity index (χ0) is 12.5. The van der Waals surface area contributed by atoms with Crippen LogP contribution in [0.2, 0.25) is 0 Å². The minimum atomic E-state index is -0.281. The van der Waals surface area contributed by atoms with Crippen LogP contribution in [-0.2, 0) is 6.42 Å². The Morgan fingerprint density at radius 2 is 2.33 bits per heavy atom. The number of rotatable bonds is 2. The Bertz CT molecular complexity index is 533. The third-order valence-electron chi connectivity index (χ3n) is 3.89. The van der Waals surface area contributed by atoms with Crippen LogP contribution in [0.1, 0.15) is 48.7 Å². The lowest BCUT2D eigenvalue weighted by atomic mass is 9.95. The molecule has 0 fully saturated rings. The molecule has 2 aromatic rings. The van der Waals surface area contributed by atoms with Gasteiger partial charge in [-0.3, -0.25) is 4.98 Å². The SMILES string of the molecule is CC(c1cccnc1)n1ccc2c1CCCC2O. The highest BCUT2D eigenvalue weighted by molar-refractivity contribution is 5.30. The Labute approximate surface area is 107 Å². The molecule has 2 heterocycles. The predicted octanol–water partition coefficient (Wildman–Crippen LogP) is 2.86. The smallest absolute Gasteiger partial charge is 0.0807 e. The van der Waals surface area contributed by atoms with Gasteiger partial charge in [0, 0.05) is 29.8 Å². The van der Waals surface area contributed by atoms with Gasteiger partial charge >= 0.3 is 0 Å². The van der Waals surface area contributed by atoms with Gasteiger partial charge < -0.3 is 9.67 Å². The van der Waals surface area contributed by atoms with Gasteiger partial charge in [0.1, 0.15) is 0 Å². The summed E-state index contributed by atoms with van der Waals surface area (Å²) in [6, 6.07) is 6.40. The molecule has 0 saturated heterocycles. The molecule has 0 bridgehead atoms. The average Bonchev–Trinajstić information content (AvgIpc) is 2.84. The minimum absolute atomic E-state index is 0.271. The van der Waals surface area contributed by atoms with Crippen LogP contribution in [0.5, 0.6) is 0 Å². The molecule has 3 rings (SSSR count). The van der Waals surface area contributed by atoms with Crippen LogP contribution >= 0.6 is 0 Å². The summed E-state index contributed by atoms with van der Waals surface area (Å²) in [5.74, 6) is 0. The van der Waals surface area contributed by atoms with Crippen molar-refractivity contribution in [1.82, 2.24) is 9.55 Å². The van der Waals surface area contributed by atoms with Crippen molar-refractivity contribution in [2.24, 2.45) is 0 Å². The Balaban J connectivity index is 1.98. The molecule has 0 saturated carbocycles. The number of hydrogen-bond acceptors (Lipinski definition) is 2. The average molecular weight is 242 g/mol. The van der Waals surface area contributed by atoms with E-state index in [0.29, 0.717) is 0 Å². The fourth-order valence-corrected chi connectivity index (χ4v) is 2.84. The first-order chi connectivity index (χ1) is 8.77. The largest absolute Gasteiger partial charge is 0.388 e. The van der Waals surface area contributed by atoms with Crippen LogP contribution in [0.15, 0.2) is 36.8 Å². The van der Waals surface area contributed by atoms with E-state index in [1.807, 2.05) is 12.3 Å². The van der Waals surface area contributed by atoms with Crippen LogP contribution in [0.4, 0.5) is 0 Å². The van der Waals surface area contributed by atoms with Crippen molar-refractivity contribution in [3.8, 4) is 0 Å². The van der Waals surface area contributed by atoms with Gasteiger partial charge in [0.05, 0.1) is 12.1 Å². The first-order valence-electron chi connectivity index (χ1n) is 6.55. The molecule has 2 aromatic heterocycles. The first-order valence-corrected chi connectivity index (χ1v) is 6.55. The van der Waals surface area contributed by atoms with E-state index in [-0.39, 0.29) is 12.1 Å². The van der Waals surface area contributed by atoms with Crippen molar-refractivity contribution in [1.29, 1.82) is 0 Å². The molecule has 3 nitrogen and oxygen atoms in total. The topological polar surface area (TPSA) is 38.0 Å². The van der Waals surface area contributed by atoms with E-state index in [1.165, 1.54) is 11.3 Å². The summed E-state index contributed by atoms with van der Waals surface area (Å²) in [4.78, 5) is 4.18. The molecule has 18 heavy (non-hydrogen) atoms. The van der Waals surface area contributed by atoms with Crippen LogP contribution in [0.25, 0.3) is 0 Å². The minimum Gasteiger partial charge on any atom is -0.388 e. The Morgan fingerprint density at radius 3 is 3.11 bits per heavy atom. The summed E-state index contributed by atoms with van der Waals surface area (Å²) >= 11 is 0. The van der Waals surface area contributed by atoms with E-state index in [1.54, 1.807) is 6.20 Å². The number of aliphatic hydroxyl groups is 1. The van der Waals surface area contributed by atoms with E-state index >= 15 is 0 Å². The predicted molar refractivity (Wildman–Crippen MR) is 70.4 cm³/mol. The molecule has 1 aliphatic rings. The lowest BCUT2D eigenvalue weighted by molar-refractivity contribution is 0.155. The van der Waals surface area contributed by atoms with E-state index in [9.17, 15) is 5.11 Å². The maximum absolute atomic E-state index is 10.0. The van der Waals surface area contributed by atoms with Crippen molar-refractivity contribution < 1.29 is 5.11 Å². The van der Waals surface area contributed by atoms with Crippen molar-refractivity contribution in [2.45, 2.75) is 38.3 Å². The zero-order valence-corrected chi connectivity index (χ0v) is 10.6. The zero-order valence-electron chi connectivity index (χ0n) is 10.6. The molecule has 1 aliphatic carbocycles. The molecule has 0 aromatic carbocycles. The highest BCUT2D eigenvalue weighted by Crippen LogP contribution is 2.33. The van der Waals surface area contributed by atoms with E-state index in [4.69, 9.17) is 0 Å². The van der Waals surface area contributed by atoms with Gasteiger partial charge in [0.25, 0.3) is 0 Å². The molecule has 3 heteroatoms. The van der Waals surface area contributed by atoms with Crippen LogP contribution in [0.3, 0.4) is 0 Å². The van der Waals surface area contributed by atoms with Crippen LogP contribution in [-0.4, -0.2) is 14.7 Å². The van der Waals surface area contributed by atoms with Gasteiger partial charge in [-0.25, -0.2) is 0 Å². The summed E-state index contributed by atoms with van der Waals surface area (Å²) in [7, 11) is 0. The number of aliphatic hydroxyl groups excluding tert-OH is 1. The third-order valence-corrected chi connectivity index (χ3v) is 3.89.